The molecule has 0 amide bonds. The first-order valence-corrected chi connectivity index (χ1v) is 6.21. The van der Waals surface area contributed by atoms with Gasteiger partial charge in [-0.05, 0) is 31.7 Å². The zero-order chi connectivity index (χ0) is 13.5. The van der Waals surface area contributed by atoms with Crippen molar-refractivity contribution in [1.82, 2.24) is 5.32 Å². The van der Waals surface area contributed by atoms with Crippen LogP contribution in [0.15, 0.2) is 18.2 Å². The lowest BCUT2D eigenvalue weighted by atomic mass is 10.1. The van der Waals surface area contributed by atoms with Crippen molar-refractivity contribution in [2.24, 2.45) is 5.92 Å². The molecular weight excluding hydrogens is 230 g/mol. The number of rotatable bonds is 7. The summed E-state index contributed by atoms with van der Waals surface area (Å²) in [6.45, 7) is 4.62. The Balaban J connectivity index is 2.80. The lowest BCUT2D eigenvalue weighted by Crippen LogP contribution is -2.14. The largest absolute Gasteiger partial charge is 0.493 e. The van der Waals surface area contributed by atoms with E-state index in [9.17, 15) is 0 Å². The molecule has 2 unspecified atom stereocenters. The van der Waals surface area contributed by atoms with Crippen LogP contribution in [0.4, 0.5) is 0 Å². The van der Waals surface area contributed by atoms with Crippen LogP contribution < -0.4 is 14.8 Å². The predicted octanol–water partition coefficient (Wildman–Crippen LogP) is 1.98. The third kappa shape index (κ3) is 3.89. The van der Waals surface area contributed by atoms with Crippen LogP contribution in [-0.4, -0.2) is 32.5 Å². The van der Waals surface area contributed by atoms with Gasteiger partial charge in [0.15, 0.2) is 11.5 Å². The van der Waals surface area contributed by atoms with Gasteiger partial charge in [-0.3, -0.25) is 0 Å². The van der Waals surface area contributed by atoms with E-state index in [4.69, 9.17) is 14.6 Å². The molecule has 1 rings (SSSR count). The summed E-state index contributed by atoms with van der Waals surface area (Å²) in [7, 11) is 3.55. The molecule has 1 aromatic carbocycles. The average molecular weight is 253 g/mol. The molecule has 0 aliphatic carbocycles. The number of aliphatic hydroxyl groups excluding tert-OH is 1. The number of methoxy groups -OCH3 is 1. The minimum absolute atomic E-state index is 0.116. The van der Waals surface area contributed by atoms with Gasteiger partial charge in [-0.15, -0.1) is 0 Å². The Morgan fingerprint density at radius 2 is 2.00 bits per heavy atom. The van der Waals surface area contributed by atoms with Gasteiger partial charge >= 0.3 is 0 Å². The van der Waals surface area contributed by atoms with E-state index in [2.05, 4.69) is 12.2 Å². The lowest BCUT2D eigenvalue weighted by Gasteiger charge is -2.16. The number of hydrogen-bond acceptors (Lipinski definition) is 4. The van der Waals surface area contributed by atoms with E-state index in [0.717, 1.165) is 11.3 Å². The average Bonchev–Trinajstić information content (AvgIpc) is 2.43. The maximum atomic E-state index is 8.97. The lowest BCUT2D eigenvalue weighted by molar-refractivity contribution is 0.171. The Labute approximate surface area is 109 Å². The van der Waals surface area contributed by atoms with Gasteiger partial charge in [0.05, 0.1) is 13.7 Å². The molecule has 0 aliphatic rings. The van der Waals surface area contributed by atoms with Crippen LogP contribution >= 0.6 is 0 Å². The summed E-state index contributed by atoms with van der Waals surface area (Å²) >= 11 is 0. The van der Waals surface area contributed by atoms with Crippen LogP contribution in [0.2, 0.25) is 0 Å². The van der Waals surface area contributed by atoms with Crippen LogP contribution in [-0.2, 0) is 0 Å². The maximum absolute atomic E-state index is 8.97. The predicted molar refractivity (Wildman–Crippen MR) is 72.2 cm³/mol. The van der Waals surface area contributed by atoms with Crippen LogP contribution in [0.3, 0.4) is 0 Å². The van der Waals surface area contributed by atoms with Crippen molar-refractivity contribution in [3.05, 3.63) is 23.8 Å². The molecule has 2 N–H and O–H groups in total. The van der Waals surface area contributed by atoms with Crippen LogP contribution in [0.25, 0.3) is 0 Å². The Hall–Kier alpha value is -1.26. The summed E-state index contributed by atoms with van der Waals surface area (Å²) in [6, 6.07) is 6.17. The highest BCUT2D eigenvalue weighted by atomic mass is 16.5. The third-order valence-corrected chi connectivity index (χ3v) is 2.96. The molecule has 18 heavy (non-hydrogen) atoms. The fourth-order valence-corrected chi connectivity index (χ4v) is 1.52. The first-order chi connectivity index (χ1) is 8.62. The smallest absolute Gasteiger partial charge is 0.161 e. The fraction of sp³-hybridized carbons (Fsp3) is 0.571. The molecule has 2 atom stereocenters. The first-order valence-electron chi connectivity index (χ1n) is 6.21. The van der Waals surface area contributed by atoms with Crippen molar-refractivity contribution >= 4 is 0 Å². The van der Waals surface area contributed by atoms with Crippen LogP contribution in [0.5, 0.6) is 11.5 Å². The summed E-state index contributed by atoms with van der Waals surface area (Å²) in [5.41, 5.74) is 1.15. The van der Waals surface area contributed by atoms with Gasteiger partial charge in [0.1, 0.15) is 0 Å². The molecule has 0 aliphatic heterocycles. The maximum Gasteiger partial charge on any atom is 0.161 e. The molecule has 0 radical (unpaired) electrons. The molecule has 102 valence electrons. The molecule has 0 bridgehead atoms. The van der Waals surface area contributed by atoms with Gasteiger partial charge < -0.3 is 19.9 Å². The van der Waals surface area contributed by atoms with E-state index >= 15 is 0 Å². The van der Waals surface area contributed by atoms with Crippen molar-refractivity contribution in [3.8, 4) is 11.5 Å². The molecule has 0 heterocycles. The van der Waals surface area contributed by atoms with Crippen molar-refractivity contribution in [1.29, 1.82) is 0 Å². The van der Waals surface area contributed by atoms with Crippen LogP contribution in [0, 0.1) is 5.92 Å². The van der Waals surface area contributed by atoms with Crippen molar-refractivity contribution in [2.75, 3.05) is 27.4 Å². The summed E-state index contributed by atoms with van der Waals surface area (Å²) in [4.78, 5) is 0. The van der Waals surface area contributed by atoms with E-state index in [1.807, 2.05) is 32.2 Å². The third-order valence-electron chi connectivity index (χ3n) is 2.96. The van der Waals surface area contributed by atoms with E-state index in [1.165, 1.54) is 0 Å². The molecule has 0 saturated heterocycles. The Kier molecular flexibility index (Phi) is 5.95. The number of hydrogen-bond donors (Lipinski definition) is 2. The molecular formula is C14H23NO3. The van der Waals surface area contributed by atoms with Crippen molar-refractivity contribution in [3.63, 3.8) is 0 Å². The zero-order valence-electron chi connectivity index (χ0n) is 11.6. The van der Waals surface area contributed by atoms with Gasteiger partial charge in [-0.2, -0.15) is 0 Å². The normalized spacial score (nSPS) is 14.1. The van der Waals surface area contributed by atoms with Gasteiger partial charge in [-0.25, -0.2) is 0 Å². The standard InChI is InChI=1S/C14H23NO3/c1-10(8-16)9-18-13-6-5-12(11(2)15-3)7-14(13)17-4/h5-7,10-11,15-16H,8-9H2,1-4H3. The highest BCUT2D eigenvalue weighted by Crippen LogP contribution is 2.30. The van der Waals surface area contributed by atoms with Crippen LogP contribution in [0.1, 0.15) is 25.5 Å². The number of nitrogens with one attached hydrogen (secondary N) is 1. The summed E-state index contributed by atoms with van der Waals surface area (Å²) in [5, 5.41) is 12.2. The van der Waals surface area contributed by atoms with E-state index in [0.29, 0.717) is 12.4 Å². The van der Waals surface area contributed by atoms with Gasteiger partial charge in [0.25, 0.3) is 0 Å². The molecule has 0 spiro atoms. The highest BCUT2D eigenvalue weighted by molar-refractivity contribution is 5.43. The Morgan fingerprint density at radius 1 is 1.28 bits per heavy atom. The highest BCUT2D eigenvalue weighted by Gasteiger charge is 2.10. The quantitative estimate of drug-likeness (QED) is 0.780. The molecule has 0 fully saturated rings. The number of ether oxygens (including phenoxy) is 2. The fourth-order valence-electron chi connectivity index (χ4n) is 1.52. The SMILES string of the molecule is CNC(C)c1ccc(OCC(C)CO)c(OC)c1. The Bertz CT molecular complexity index is 368. The van der Waals surface area contributed by atoms with Gasteiger partial charge in [0, 0.05) is 18.6 Å². The number of aliphatic hydroxyl groups is 1. The summed E-state index contributed by atoms with van der Waals surface area (Å²) in [5.74, 6) is 1.55. The summed E-state index contributed by atoms with van der Waals surface area (Å²) < 4.78 is 11.0. The summed E-state index contributed by atoms with van der Waals surface area (Å²) in [6.07, 6.45) is 0. The molecule has 4 nitrogen and oxygen atoms in total. The first kappa shape index (κ1) is 14.8. The topological polar surface area (TPSA) is 50.7 Å². The molecule has 1 aromatic rings. The van der Waals surface area contributed by atoms with Gasteiger partial charge in [-0.1, -0.05) is 13.0 Å². The number of benzene rings is 1. The molecule has 4 heteroatoms. The zero-order valence-corrected chi connectivity index (χ0v) is 11.6. The monoisotopic (exact) mass is 253 g/mol. The second-order valence-corrected chi connectivity index (χ2v) is 4.52. The Morgan fingerprint density at radius 3 is 2.56 bits per heavy atom. The molecule has 0 saturated carbocycles. The second kappa shape index (κ2) is 7.24. The minimum Gasteiger partial charge on any atom is -0.493 e. The van der Waals surface area contributed by atoms with Gasteiger partial charge in [0.2, 0.25) is 0 Å². The second-order valence-electron chi connectivity index (χ2n) is 4.52. The molecule has 0 aromatic heterocycles. The minimum atomic E-state index is 0.116. The van der Waals surface area contributed by atoms with E-state index in [-0.39, 0.29) is 18.6 Å². The van der Waals surface area contributed by atoms with E-state index in [1.54, 1.807) is 7.11 Å². The van der Waals surface area contributed by atoms with E-state index < -0.39 is 0 Å². The van der Waals surface area contributed by atoms with Crippen molar-refractivity contribution in [2.45, 2.75) is 19.9 Å². The van der Waals surface area contributed by atoms with Crippen molar-refractivity contribution < 1.29 is 14.6 Å².